The van der Waals surface area contributed by atoms with Gasteiger partial charge in [-0.05, 0) is 59.8 Å². The Morgan fingerprint density at radius 1 is 0.767 bits per heavy atom. The van der Waals surface area contributed by atoms with Gasteiger partial charge in [0.25, 0.3) is 0 Å². The lowest BCUT2D eigenvalue weighted by molar-refractivity contribution is -0.137. The molecule has 2 aliphatic heterocycles. The Labute approximate surface area is 183 Å². The van der Waals surface area contributed by atoms with Crippen molar-refractivity contribution in [3.05, 3.63) is 71.8 Å². The summed E-state index contributed by atoms with van der Waals surface area (Å²) in [5.74, 6) is 0.487. The molecule has 1 fully saturated rings. The highest BCUT2D eigenvalue weighted by atomic mass is 32.2. The van der Waals surface area contributed by atoms with E-state index in [0.717, 1.165) is 32.4 Å². The number of nitrogens with one attached hydrogen (secondary N) is 2. The van der Waals surface area contributed by atoms with Crippen molar-refractivity contribution in [1.29, 1.82) is 0 Å². The average molecular weight is 439 g/mol. The number of hydrogen-bond donors (Lipinski definition) is 2. The molecule has 0 atom stereocenters. The van der Waals surface area contributed by atoms with Crippen LogP contribution in [0.1, 0.15) is 11.1 Å². The third kappa shape index (κ3) is 3.59. The molecule has 1 spiro atoms. The van der Waals surface area contributed by atoms with Crippen molar-refractivity contribution in [2.24, 2.45) is 5.41 Å². The summed E-state index contributed by atoms with van der Waals surface area (Å²) in [7, 11) is 3.20. The highest BCUT2D eigenvalue weighted by Gasteiger charge is 2.48. The van der Waals surface area contributed by atoms with Gasteiger partial charge in [0, 0.05) is 9.81 Å². The molecule has 8 heteroatoms. The largest absolute Gasteiger partial charge is 0.497 e. The Bertz CT molecular complexity index is 1000. The van der Waals surface area contributed by atoms with Gasteiger partial charge in [-0.1, -0.05) is 36.0 Å². The van der Waals surface area contributed by atoms with Crippen LogP contribution in [0.25, 0.3) is 9.81 Å². The Hall–Kier alpha value is -3.10. The molecule has 0 radical (unpaired) electrons. The zero-order chi connectivity index (χ0) is 21.3. The van der Waals surface area contributed by atoms with E-state index in [4.69, 9.17) is 21.7 Å². The van der Waals surface area contributed by atoms with E-state index in [-0.39, 0.29) is 5.11 Å². The number of thioether (sulfide) groups is 1. The third-order valence-electron chi connectivity index (χ3n) is 4.89. The van der Waals surface area contributed by atoms with E-state index in [1.807, 2.05) is 48.5 Å². The Kier molecular flexibility index (Phi) is 5.36. The number of amides is 2. The zero-order valence-corrected chi connectivity index (χ0v) is 17.9. The number of rotatable bonds is 4. The molecule has 0 saturated carbocycles. The molecular weight excluding hydrogens is 420 g/mol. The second-order valence-electron chi connectivity index (χ2n) is 6.68. The van der Waals surface area contributed by atoms with Gasteiger partial charge >= 0.3 is 0 Å². The van der Waals surface area contributed by atoms with Crippen LogP contribution in [-0.2, 0) is 9.59 Å². The summed E-state index contributed by atoms with van der Waals surface area (Å²) in [4.78, 5) is 27.5. The quantitative estimate of drug-likeness (QED) is 0.563. The maximum atomic E-state index is 12.9. The molecule has 0 aliphatic carbocycles. The van der Waals surface area contributed by atoms with Crippen LogP contribution in [0, 0.1) is 5.41 Å². The summed E-state index contributed by atoms with van der Waals surface area (Å²) in [6, 6.07) is 14.9. The first-order valence-corrected chi connectivity index (χ1v) is 10.3. The Morgan fingerprint density at radius 3 is 1.53 bits per heavy atom. The van der Waals surface area contributed by atoms with Crippen LogP contribution in [0.15, 0.2) is 60.7 Å². The normalized spacial score (nSPS) is 17.6. The van der Waals surface area contributed by atoms with Gasteiger partial charge < -0.3 is 20.1 Å². The van der Waals surface area contributed by atoms with Crippen LogP contribution in [0.2, 0.25) is 0 Å². The number of thiocarbonyl (C=S) groups is 1. The topological polar surface area (TPSA) is 76.7 Å². The van der Waals surface area contributed by atoms with Crippen molar-refractivity contribution in [3.8, 4) is 11.5 Å². The van der Waals surface area contributed by atoms with Crippen molar-refractivity contribution in [1.82, 2.24) is 10.6 Å². The summed E-state index contributed by atoms with van der Waals surface area (Å²) < 4.78 is 10.5. The molecule has 0 bridgehead atoms. The average Bonchev–Trinajstić information content (AvgIpc) is 2.77. The maximum Gasteiger partial charge on any atom is 0.249 e. The van der Waals surface area contributed by atoms with Gasteiger partial charge in [-0.3, -0.25) is 9.59 Å². The number of methoxy groups -OCH3 is 2. The molecule has 0 unspecified atom stereocenters. The second kappa shape index (κ2) is 7.97. The SMILES string of the molecule is COc1ccc(C2=CC3(C=C(c4ccc(OC)cc4)S2)C(=O)NC(=S)NC3=O)cc1. The van der Waals surface area contributed by atoms with E-state index in [0.29, 0.717) is 0 Å². The van der Waals surface area contributed by atoms with E-state index in [9.17, 15) is 9.59 Å². The minimum Gasteiger partial charge on any atom is -0.497 e. The molecule has 4 rings (SSSR count). The second-order valence-corrected chi connectivity index (χ2v) is 8.17. The van der Waals surface area contributed by atoms with Crippen molar-refractivity contribution in [2.45, 2.75) is 0 Å². The van der Waals surface area contributed by atoms with Gasteiger partial charge in [0.2, 0.25) is 11.8 Å². The van der Waals surface area contributed by atoms with Crippen molar-refractivity contribution < 1.29 is 19.1 Å². The van der Waals surface area contributed by atoms with Crippen molar-refractivity contribution in [3.63, 3.8) is 0 Å². The Balaban J connectivity index is 1.83. The first-order valence-electron chi connectivity index (χ1n) is 9.04. The highest BCUT2D eigenvalue weighted by molar-refractivity contribution is 8.16. The number of carbonyl (C=O) groups excluding carboxylic acids is 2. The van der Waals surface area contributed by atoms with E-state index < -0.39 is 17.2 Å². The molecule has 6 nitrogen and oxygen atoms in total. The fraction of sp³-hybridized carbons (Fsp3) is 0.136. The van der Waals surface area contributed by atoms with Gasteiger partial charge in [-0.15, -0.1) is 0 Å². The van der Waals surface area contributed by atoms with Crippen LogP contribution in [-0.4, -0.2) is 31.1 Å². The van der Waals surface area contributed by atoms with Crippen molar-refractivity contribution in [2.75, 3.05) is 14.2 Å². The molecule has 2 heterocycles. The first kappa shape index (κ1) is 20.2. The van der Waals surface area contributed by atoms with Crippen LogP contribution >= 0.6 is 24.0 Å². The Morgan fingerprint density at radius 2 is 1.17 bits per heavy atom. The number of benzene rings is 2. The monoisotopic (exact) mass is 438 g/mol. The number of hydrogen-bond acceptors (Lipinski definition) is 6. The van der Waals surface area contributed by atoms with E-state index >= 15 is 0 Å². The van der Waals surface area contributed by atoms with E-state index in [2.05, 4.69) is 10.6 Å². The van der Waals surface area contributed by atoms with Crippen molar-refractivity contribution >= 4 is 50.7 Å². The lowest BCUT2D eigenvalue weighted by atomic mass is 9.82. The molecule has 0 aromatic heterocycles. The van der Waals surface area contributed by atoms with Gasteiger partial charge in [0.1, 0.15) is 11.5 Å². The fourth-order valence-electron chi connectivity index (χ4n) is 3.24. The molecule has 2 aliphatic rings. The number of carbonyl (C=O) groups is 2. The van der Waals surface area contributed by atoms with E-state index in [1.54, 1.807) is 26.4 Å². The molecule has 2 N–H and O–H groups in total. The lowest BCUT2D eigenvalue weighted by Crippen LogP contribution is -2.61. The first-order chi connectivity index (χ1) is 14.4. The number of ether oxygens (including phenoxy) is 2. The molecular formula is C22H18N2O4S2. The molecule has 2 aromatic rings. The maximum absolute atomic E-state index is 12.9. The summed E-state index contributed by atoms with van der Waals surface area (Å²) in [5, 5.41) is 5.15. The highest BCUT2D eigenvalue weighted by Crippen LogP contribution is 2.49. The minimum absolute atomic E-state index is 0.00708. The third-order valence-corrected chi connectivity index (χ3v) is 6.24. The van der Waals surface area contributed by atoms with Gasteiger partial charge in [-0.25, -0.2) is 0 Å². The van der Waals surface area contributed by atoms with E-state index in [1.165, 1.54) is 11.8 Å². The van der Waals surface area contributed by atoms with Crippen LogP contribution in [0.5, 0.6) is 11.5 Å². The smallest absolute Gasteiger partial charge is 0.249 e. The summed E-state index contributed by atoms with van der Waals surface area (Å²) in [6.07, 6.45) is 3.36. The molecule has 2 amide bonds. The van der Waals surface area contributed by atoms with Gasteiger partial charge in [0.15, 0.2) is 10.5 Å². The molecule has 2 aromatic carbocycles. The van der Waals surface area contributed by atoms with Crippen LogP contribution < -0.4 is 20.1 Å². The van der Waals surface area contributed by atoms with Gasteiger partial charge in [0.05, 0.1) is 14.2 Å². The summed E-state index contributed by atoms with van der Waals surface area (Å²) >= 11 is 6.46. The van der Waals surface area contributed by atoms with Gasteiger partial charge in [-0.2, -0.15) is 0 Å². The molecule has 30 heavy (non-hydrogen) atoms. The summed E-state index contributed by atoms with van der Waals surface area (Å²) in [5.41, 5.74) is 0.235. The lowest BCUT2D eigenvalue weighted by Gasteiger charge is -2.34. The van der Waals surface area contributed by atoms with Crippen LogP contribution in [0.4, 0.5) is 0 Å². The zero-order valence-electron chi connectivity index (χ0n) is 16.2. The summed E-state index contributed by atoms with van der Waals surface area (Å²) in [6.45, 7) is 0. The fourth-order valence-corrected chi connectivity index (χ4v) is 4.66. The minimum atomic E-state index is -1.50. The molecule has 152 valence electrons. The predicted molar refractivity (Wildman–Crippen MR) is 121 cm³/mol. The molecule has 1 saturated heterocycles. The predicted octanol–water partition coefficient (Wildman–Crippen LogP) is 3.35. The van der Waals surface area contributed by atoms with Crippen LogP contribution in [0.3, 0.4) is 0 Å². The standard InChI is InChI=1S/C22H18N2O4S2/c1-27-15-7-3-13(4-8-15)17-11-22(19(25)23-21(29)24-20(22)26)12-18(30-17)14-5-9-16(28-2)10-6-14/h3-12H,1-2H3,(H2,23,24,25,26,29).